The van der Waals surface area contributed by atoms with Gasteiger partial charge in [0.15, 0.2) is 0 Å². The van der Waals surface area contributed by atoms with Gasteiger partial charge in [-0.1, -0.05) is 118 Å². The zero-order valence-corrected chi connectivity index (χ0v) is 56.9. The molecule has 0 aliphatic rings. The first-order chi connectivity index (χ1) is 32.7. The molecule has 0 fully saturated rings. The highest BCUT2D eigenvalue weighted by Gasteiger charge is 2.07. The number of carbonyl (C=O) groups is 9. The van der Waals surface area contributed by atoms with Crippen molar-refractivity contribution in [3.8, 4) is 0 Å². The van der Waals surface area contributed by atoms with E-state index in [4.69, 9.17) is 0 Å². The molecule has 0 aromatic carbocycles. The van der Waals surface area contributed by atoms with Gasteiger partial charge in [0.1, 0.15) is 75.8 Å². The van der Waals surface area contributed by atoms with Crippen LogP contribution in [0.3, 0.4) is 0 Å². The molecule has 1 amide bonds. The van der Waals surface area contributed by atoms with Crippen LogP contribution in [0.25, 0.3) is 0 Å². The highest BCUT2D eigenvalue weighted by molar-refractivity contribution is 7.91. The molecule has 0 bridgehead atoms. The molecule has 1 N–H and O–H groups in total. The van der Waals surface area contributed by atoms with Gasteiger partial charge in [0, 0.05) is 67.2 Å². The lowest BCUT2D eigenvalue weighted by molar-refractivity contribution is -0.125. The zero-order chi connectivity index (χ0) is 64.5. The average molecular weight is 1140 g/mol. The number of nitrogens with one attached hydrogen (secondary N) is 1. The third-order valence-electron chi connectivity index (χ3n) is 8.72. The van der Waals surface area contributed by atoms with Crippen LogP contribution in [0.1, 0.15) is 221 Å². The fourth-order valence-electron chi connectivity index (χ4n) is 0.639. The van der Waals surface area contributed by atoms with E-state index in [-0.39, 0.29) is 116 Å². The van der Waals surface area contributed by atoms with Crippen LogP contribution in [0.5, 0.6) is 0 Å². The second-order valence-electron chi connectivity index (χ2n) is 21.3. The second-order valence-corrected chi connectivity index (χ2v) is 29.1. The van der Waals surface area contributed by atoms with Gasteiger partial charge < -0.3 is 5.32 Å². The van der Waals surface area contributed by atoms with Crippen molar-refractivity contribution in [2.24, 2.45) is 47.3 Å². The monoisotopic (exact) mass is 1140 g/mol. The molecule has 75 heavy (non-hydrogen) atoms. The first-order valence-electron chi connectivity index (χ1n) is 25.5. The Bertz CT molecular complexity index is 1600. The molecule has 0 heterocycles. The SMILES string of the molecule is CC(=O)C(C)C.CC(=O)C(C)C.CC(=O)C(C)C.CC(=O)C(C)C.CC(=O)C(C)C.CC(=O)C(C)C.CC(=O)CC(C)=O.CC(C)C.CC(C)S(C)(=O)=O.CC(C)S(C)(=O)=O.CC(C)S(C)(=O)=O.CNC(=O)C(C)C. The fourth-order valence-corrected chi connectivity index (χ4v) is 0.639. The van der Waals surface area contributed by atoms with Crippen molar-refractivity contribution in [2.45, 2.75) is 237 Å². The van der Waals surface area contributed by atoms with Gasteiger partial charge in [-0.3, -0.25) is 43.2 Å². The highest BCUT2D eigenvalue weighted by Crippen LogP contribution is 1.96. The van der Waals surface area contributed by atoms with Gasteiger partial charge in [0.25, 0.3) is 0 Å². The third-order valence-corrected chi connectivity index (χ3v) is 13.9. The molecular weight excluding hydrogens is 1020 g/mol. The van der Waals surface area contributed by atoms with Gasteiger partial charge in [0.05, 0.1) is 22.2 Å². The number of rotatable bonds is 12. The molecule has 0 unspecified atom stereocenters. The van der Waals surface area contributed by atoms with Gasteiger partial charge in [-0.05, 0) is 103 Å². The number of carbonyl (C=O) groups excluding carboxylic acids is 9. The fraction of sp³-hybridized carbons (Fsp3) is 0.839. The lowest BCUT2D eigenvalue weighted by atomic mass is 10.1. The summed E-state index contributed by atoms with van der Waals surface area (Å²) in [6.07, 6.45) is 3.78. The summed E-state index contributed by atoms with van der Waals surface area (Å²) in [4.78, 5) is 91.3. The molecule has 0 aromatic heterocycles. The van der Waals surface area contributed by atoms with Crippen LogP contribution in [0, 0.1) is 47.3 Å². The summed E-state index contributed by atoms with van der Waals surface area (Å²) in [6.45, 7) is 55.3. The van der Waals surface area contributed by atoms with E-state index in [9.17, 15) is 68.4 Å². The lowest BCUT2D eigenvalue weighted by Crippen LogP contribution is -2.22. The number of hydrogen-bond acceptors (Lipinski definition) is 15. The molecule has 0 rings (SSSR count). The Morgan fingerprint density at radius 3 is 0.387 bits per heavy atom. The van der Waals surface area contributed by atoms with E-state index in [0.717, 1.165) is 5.92 Å². The predicted molar refractivity (Wildman–Crippen MR) is 318 cm³/mol. The highest BCUT2D eigenvalue weighted by atomic mass is 32.2. The molecule has 0 saturated heterocycles. The molecule has 0 aliphatic heterocycles. The topological polar surface area (TPSA) is 268 Å². The second kappa shape index (κ2) is 58.4. The molecular formula is C56H119NO15S3. The molecule has 0 atom stereocenters. The van der Waals surface area contributed by atoms with Crippen molar-refractivity contribution in [3.05, 3.63) is 0 Å². The van der Waals surface area contributed by atoms with Crippen LogP contribution < -0.4 is 5.32 Å². The van der Waals surface area contributed by atoms with E-state index in [1.807, 2.05) is 96.9 Å². The van der Waals surface area contributed by atoms with Gasteiger partial charge >= 0.3 is 0 Å². The normalized spacial score (nSPS) is 10.1. The molecule has 456 valence electrons. The van der Waals surface area contributed by atoms with E-state index in [1.54, 1.807) is 90.1 Å². The lowest BCUT2D eigenvalue weighted by Gasteiger charge is -1.98. The van der Waals surface area contributed by atoms with Crippen LogP contribution in [-0.2, 0) is 72.7 Å². The summed E-state index contributed by atoms with van der Waals surface area (Å²) in [7, 11) is -6.58. The minimum Gasteiger partial charge on any atom is -0.359 e. The van der Waals surface area contributed by atoms with Gasteiger partial charge in [-0.15, -0.1) is 0 Å². The largest absolute Gasteiger partial charge is 0.359 e. The summed E-state index contributed by atoms with van der Waals surface area (Å²) in [6, 6.07) is 0. The Labute approximate surface area is 463 Å². The summed E-state index contributed by atoms with van der Waals surface area (Å²) in [5, 5.41) is 1.84. The molecule has 16 nitrogen and oxygen atoms in total. The van der Waals surface area contributed by atoms with Crippen LogP contribution in [0.2, 0.25) is 0 Å². The smallest absolute Gasteiger partial charge is 0.222 e. The van der Waals surface area contributed by atoms with Crippen molar-refractivity contribution in [1.82, 2.24) is 5.32 Å². The first-order valence-corrected chi connectivity index (χ1v) is 31.4. The maximum absolute atomic E-state index is 10.4. The molecule has 0 radical (unpaired) electrons. The van der Waals surface area contributed by atoms with E-state index in [0.29, 0.717) is 0 Å². The number of ketones is 8. The van der Waals surface area contributed by atoms with E-state index in [2.05, 4.69) is 26.1 Å². The Kier molecular flexibility index (Phi) is 78.2. The van der Waals surface area contributed by atoms with Crippen LogP contribution >= 0.6 is 0 Å². The van der Waals surface area contributed by atoms with Gasteiger partial charge in [0.2, 0.25) is 5.91 Å². The molecule has 19 heteroatoms. The van der Waals surface area contributed by atoms with Crippen molar-refractivity contribution in [2.75, 3.05) is 25.8 Å². The Balaban J connectivity index is -0.0000000578. The maximum Gasteiger partial charge on any atom is 0.222 e. The maximum atomic E-state index is 10.4. The number of amides is 1. The summed E-state index contributed by atoms with van der Waals surface area (Å²) >= 11 is 0. The van der Waals surface area contributed by atoms with E-state index in [1.165, 1.54) is 32.6 Å². The van der Waals surface area contributed by atoms with Gasteiger partial charge in [-0.25, -0.2) is 25.3 Å². The Morgan fingerprint density at radius 2 is 0.387 bits per heavy atom. The Morgan fingerprint density at radius 1 is 0.293 bits per heavy atom. The van der Waals surface area contributed by atoms with Crippen molar-refractivity contribution in [3.63, 3.8) is 0 Å². The molecule has 0 aromatic rings. The van der Waals surface area contributed by atoms with E-state index < -0.39 is 29.5 Å². The summed E-state index contributed by atoms with van der Waals surface area (Å²) < 4.78 is 62.0. The van der Waals surface area contributed by atoms with E-state index >= 15 is 0 Å². The molecule has 0 aliphatic carbocycles. The average Bonchev–Trinajstić information content (AvgIpc) is 3.17. The van der Waals surface area contributed by atoms with Crippen molar-refractivity contribution < 1.29 is 68.4 Å². The minimum absolute atomic E-state index is 0.0625. The standard InChI is InChI=1S/C5H11NO.C5H8O2.6C5H10O.3C4H10O2S.C4H10/c1-4(2)5(7)6-3;1-4(6)3-5(2)7;6*1-4(2)5(3)6;3*1-4(2)7(3,5)6;1-4(2)3/h4H,1-3H3,(H,6,7);3H2,1-2H3;6*4H,1-3H3;3*4H,1-3H3;4H,1-3H3. The zero-order valence-electron chi connectivity index (χ0n) is 54.4. The Hall–Kier alpha value is -3.32. The van der Waals surface area contributed by atoms with Crippen LogP contribution in [0.15, 0.2) is 0 Å². The number of sulfone groups is 3. The number of hydrogen-bond donors (Lipinski definition) is 1. The van der Waals surface area contributed by atoms with Gasteiger partial charge in [-0.2, -0.15) is 0 Å². The number of Topliss-reactive ketones (excluding diaryl/α,β-unsaturated/α-hetero) is 8. The van der Waals surface area contributed by atoms with Crippen molar-refractivity contribution in [1.29, 1.82) is 0 Å². The minimum atomic E-state index is -2.74. The quantitative estimate of drug-likeness (QED) is 0.178. The molecule has 0 spiro atoms. The first kappa shape index (κ1) is 101. The summed E-state index contributed by atoms with van der Waals surface area (Å²) in [5.41, 5.74) is 0. The predicted octanol–water partition coefficient (Wildman–Crippen LogP) is 11.3. The third kappa shape index (κ3) is 141. The summed E-state index contributed by atoms with van der Waals surface area (Å²) in [5.74, 6) is 3.75. The van der Waals surface area contributed by atoms with Crippen molar-refractivity contribution >= 4 is 81.7 Å². The van der Waals surface area contributed by atoms with Crippen LogP contribution in [0.4, 0.5) is 0 Å². The molecule has 0 saturated carbocycles. The van der Waals surface area contributed by atoms with Crippen LogP contribution in [-0.4, -0.2) is 119 Å².